The van der Waals surface area contributed by atoms with E-state index in [4.69, 9.17) is 4.74 Å². The van der Waals surface area contributed by atoms with E-state index in [0.29, 0.717) is 37.8 Å². The number of methoxy groups -OCH3 is 1. The largest absolute Gasteiger partial charge is 0.495 e. The quantitative estimate of drug-likeness (QED) is 0.453. The highest BCUT2D eigenvalue weighted by Crippen LogP contribution is 2.29. The van der Waals surface area contributed by atoms with Crippen LogP contribution < -0.4 is 13.9 Å². The average Bonchev–Trinajstić information content (AvgIpc) is 2.92. The number of benzene rings is 3. The molecule has 1 amide bonds. The number of hydrogen-bond acceptors (Lipinski definition) is 5. The van der Waals surface area contributed by atoms with E-state index in [0.717, 1.165) is 17.0 Å². The fourth-order valence-corrected chi connectivity index (χ4v) is 5.81. The molecule has 1 aliphatic heterocycles. The first-order valence-electron chi connectivity index (χ1n) is 12.1. The first-order valence-corrected chi connectivity index (χ1v) is 13.6. The second kappa shape index (κ2) is 11.0. The van der Waals surface area contributed by atoms with Gasteiger partial charge in [-0.1, -0.05) is 56.3 Å². The first-order chi connectivity index (χ1) is 17.3. The van der Waals surface area contributed by atoms with Crippen LogP contribution in [0.25, 0.3) is 0 Å². The summed E-state index contributed by atoms with van der Waals surface area (Å²) in [7, 11) is -2.28. The number of carbonyl (C=O) groups excluding carboxylic acids is 1. The van der Waals surface area contributed by atoms with Crippen molar-refractivity contribution >= 4 is 27.3 Å². The van der Waals surface area contributed by atoms with E-state index in [1.165, 1.54) is 4.31 Å². The summed E-state index contributed by atoms with van der Waals surface area (Å²) in [5.74, 6) is 0.892. The van der Waals surface area contributed by atoms with Gasteiger partial charge in [-0.05, 0) is 47.9 Å². The van der Waals surface area contributed by atoms with Crippen molar-refractivity contribution in [3.63, 3.8) is 0 Å². The maximum atomic E-state index is 13.6. The third kappa shape index (κ3) is 5.49. The third-order valence-corrected chi connectivity index (χ3v) is 8.30. The highest BCUT2D eigenvalue weighted by Gasteiger charge is 2.30. The Bertz CT molecular complexity index is 1270. The molecule has 36 heavy (non-hydrogen) atoms. The zero-order valence-electron chi connectivity index (χ0n) is 21.0. The number of amides is 1. The Morgan fingerprint density at radius 3 is 2.11 bits per heavy atom. The monoisotopic (exact) mass is 507 g/mol. The lowest BCUT2D eigenvalue weighted by atomic mass is 10.0. The van der Waals surface area contributed by atoms with Crippen LogP contribution in [-0.2, 0) is 14.8 Å². The van der Waals surface area contributed by atoms with Crippen molar-refractivity contribution in [3.8, 4) is 5.75 Å². The Morgan fingerprint density at radius 2 is 1.50 bits per heavy atom. The number of piperazine rings is 1. The molecule has 4 rings (SSSR count). The number of anilines is 2. The number of para-hydroxylation sites is 2. The van der Waals surface area contributed by atoms with E-state index in [1.54, 1.807) is 54.5 Å². The Labute approximate surface area is 214 Å². The number of hydrogen-bond donors (Lipinski definition) is 0. The molecule has 0 radical (unpaired) electrons. The van der Waals surface area contributed by atoms with Gasteiger partial charge in [0.15, 0.2) is 0 Å². The standard InChI is InChI=1S/C28H33N3O4S/c1-22(2)23-13-15-24(16-14-23)31(36(33,34)25-9-5-4-6-10-25)21-28(32)30-19-17-29(18-20-30)26-11-7-8-12-27(26)35-3/h4-16,22H,17-21H2,1-3H3. The average molecular weight is 508 g/mol. The van der Waals surface area contributed by atoms with Crippen molar-refractivity contribution in [3.05, 3.63) is 84.4 Å². The van der Waals surface area contributed by atoms with Crippen LogP contribution in [0.4, 0.5) is 11.4 Å². The number of carbonyl (C=O) groups is 1. The summed E-state index contributed by atoms with van der Waals surface area (Å²) in [6, 6.07) is 23.5. The van der Waals surface area contributed by atoms with Crippen molar-refractivity contribution in [2.24, 2.45) is 0 Å². The Balaban J connectivity index is 1.54. The van der Waals surface area contributed by atoms with Gasteiger partial charge in [0.05, 0.1) is 23.4 Å². The van der Waals surface area contributed by atoms with E-state index in [2.05, 4.69) is 18.7 Å². The summed E-state index contributed by atoms with van der Waals surface area (Å²) in [5, 5.41) is 0. The van der Waals surface area contributed by atoms with Crippen LogP contribution in [0.2, 0.25) is 0 Å². The fourth-order valence-electron chi connectivity index (χ4n) is 4.37. The minimum absolute atomic E-state index is 0.159. The number of nitrogens with zero attached hydrogens (tertiary/aromatic N) is 3. The zero-order valence-corrected chi connectivity index (χ0v) is 21.8. The molecule has 1 aliphatic rings. The van der Waals surface area contributed by atoms with E-state index < -0.39 is 10.0 Å². The van der Waals surface area contributed by atoms with Gasteiger partial charge in [-0.3, -0.25) is 9.10 Å². The third-order valence-electron chi connectivity index (χ3n) is 6.52. The zero-order chi connectivity index (χ0) is 25.7. The molecule has 3 aromatic carbocycles. The van der Waals surface area contributed by atoms with Crippen LogP contribution in [0.5, 0.6) is 5.75 Å². The number of ether oxygens (including phenoxy) is 1. The van der Waals surface area contributed by atoms with Crippen LogP contribution in [-0.4, -0.2) is 59.1 Å². The molecule has 1 fully saturated rings. The summed E-state index contributed by atoms with van der Waals surface area (Å²) in [4.78, 5) is 17.5. The van der Waals surface area contributed by atoms with Crippen LogP contribution in [0.15, 0.2) is 83.8 Å². The Morgan fingerprint density at radius 1 is 0.889 bits per heavy atom. The lowest BCUT2D eigenvalue weighted by Crippen LogP contribution is -2.52. The smallest absolute Gasteiger partial charge is 0.264 e. The van der Waals surface area contributed by atoms with Crippen LogP contribution in [0, 0.1) is 0 Å². The summed E-state index contributed by atoms with van der Waals surface area (Å²) in [6.07, 6.45) is 0. The van der Waals surface area contributed by atoms with Crippen LogP contribution in [0.3, 0.4) is 0 Å². The van der Waals surface area contributed by atoms with Crippen molar-refractivity contribution in [2.75, 3.05) is 49.0 Å². The maximum absolute atomic E-state index is 13.6. The van der Waals surface area contributed by atoms with Gasteiger partial charge in [0, 0.05) is 26.2 Å². The number of sulfonamides is 1. The second-order valence-corrected chi connectivity index (χ2v) is 11.0. The molecule has 7 nitrogen and oxygen atoms in total. The van der Waals surface area contributed by atoms with Crippen molar-refractivity contribution in [2.45, 2.75) is 24.7 Å². The first kappa shape index (κ1) is 25.6. The summed E-state index contributed by atoms with van der Waals surface area (Å²) in [6.45, 7) is 6.20. The van der Waals surface area contributed by atoms with E-state index in [-0.39, 0.29) is 17.3 Å². The molecule has 0 spiro atoms. The van der Waals surface area contributed by atoms with Gasteiger partial charge in [0.1, 0.15) is 12.3 Å². The van der Waals surface area contributed by atoms with Gasteiger partial charge in [0.25, 0.3) is 10.0 Å². The van der Waals surface area contributed by atoms with Crippen LogP contribution in [0.1, 0.15) is 25.3 Å². The minimum atomic E-state index is -3.92. The van der Waals surface area contributed by atoms with Crippen molar-refractivity contribution < 1.29 is 17.9 Å². The molecule has 0 N–H and O–H groups in total. The highest BCUT2D eigenvalue weighted by atomic mass is 32.2. The van der Waals surface area contributed by atoms with Gasteiger partial charge >= 0.3 is 0 Å². The number of rotatable bonds is 8. The van der Waals surface area contributed by atoms with E-state index in [9.17, 15) is 13.2 Å². The predicted octanol–water partition coefficient (Wildman–Crippen LogP) is 4.36. The van der Waals surface area contributed by atoms with Gasteiger partial charge in [-0.15, -0.1) is 0 Å². The molecule has 0 atom stereocenters. The summed E-state index contributed by atoms with van der Waals surface area (Å²) in [5.41, 5.74) is 2.57. The van der Waals surface area contributed by atoms with Gasteiger partial charge < -0.3 is 14.5 Å². The molecule has 3 aromatic rings. The predicted molar refractivity (Wildman–Crippen MR) is 143 cm³/mol. The molecule has 1 heterocycles. The molecule has 0 bridgehead atoms. The topological polar surface area (TPSA) is 70.2 Å². The Hall–Kier alpha value is -3.52. The van der Waals surface area contributed by atoms with Crippen molar-refractivity contribution in [1.29, 1.82) is 0 Å². The molecule has 8 heteroatoms. The van der Waals surface area contributed by atoms with Gasteiger partial charge in [0.2, 0.25) is 5.91 Å². The summed E-state index contributed by atoms with van der Waals surface area (Å²) >= 11 is 0. The second-order valence-electron chi connectivity index (χ2n) is 9.11. The normalized spacial score (nSPS) is 14.1. The molecule has 1 saturated heterocycles. The molecule has 190 valence electrons. The van der Waals surface area contributed by atoms with E-state index in [1.807, 2.05) is 36.4 Å². The van der Waals surface area contributed by atoms with Gasteiger partial charge in [-0.25, -0.2) is 8.42 Å². The highest BCUT2D eigenvalue weighted by molar-refractivity contribution is 7.92. The lowest BCUT2D eigenvalue weighted by molar-refractivity contribution is -0.129. The molecular weight excluding hydrogens is 474 g/mol. The molecule has 0 aliphatic carbocycles. The lowest BCUT2D eigenvalue weighted by Gasteiger charge is -2.37. The minimum Gasteiger partial charge on any atom is -0.495 e. The van der Waals surface area contributed by atoms with Gasteiger partial charge in [-0.2, -0.15) is 0 Å². The van der Waals surface area contributed by atoms with E-state index >= 15 is 0 Å². The Kier molecular flexibility index (Phi) is 7.84. The van der Waals surface area contributed by atoms with Crippen LogP contribution >= 0.6 is 0 Å². The molecule has 0 aromatic heterocycles. The molecular formula is C28H33N3O4S. The summed E-state index contributed by atoms with van der Waals surface area (Å²) < 4.78 is 33.9. The SMILES string of the molecule is COc1ccccc1N1CCN(C(=O)CN(c2ccc(C(C)C)cc2)S(=O)(=O)c2ccccc2)CC1. The van der Waals surface area contributed by atoms with Crippen molar-refractivity contribution in [1.82, 2.24) is 4.90 Å². The maximum Gasteiger partial charge on any atom is 0.264 e. The molecule has 0 saturated carbocycles. The fraction of sp³-hybridized carbons (Fsp3) is 0.321. The molecule has 0 unspecified atom stereocenters.